The smallest absolute Gasteiger partial charge is 0.0489 e. The van der Waals surface area contributed by atoms with Crippen LogP contribution in [-0.2, 0) is 0 Å². The minimum absolute atomic E-state index is 0.373. The van der Waals surface area contributed by atoms with E-state index in [2.05, 4.69) is 19.2 Å². The van der Waals surface area contributed by atoms with Crippen molar-refractivity contribution in [3.8, 4) is 0 Å². The highest BCUT2D eigenvalue weighted by atomic mass is 35.5. The Morgan fingerprint density at radius 3 is 2.69 bits per heavy atom. The van der Waals surface area contributed by atoms with Gasteiger partial charge in [0.25, 0.3) is 0 Å². The number of halogens is 1. The largest absolute Gasteiger partial charge is 0.312 e. The predicted octanol–water partition coefficient (Wildman–Crippen LogP) is 3.17. The van der Waals surface area contributed by atoms with Crippen LogP contribution < -0.4 is 5.32 Å². The first-order valence-electron chi connectivity index (χ1n) is 5.61. The number of rotatable bonds is 4. The maximum Gasteiger partial charge on any atom is 0.0489 e. The Kier molecular flexibility index (Phi) is 5.12. The van der Waals surface area contributed by atoms with E-state index in [0.29, 0.717) is 11.4 Å². The van der Waals surface area contributed by atoms with Gasteiger partial charge in [-0.25, -0.2) is 0 Å². The molecule has 1 aliphatic rings. The zero-order valence-corrected chi connectivity index (χ0v) is 9.61. The van der Waals surface area contributed by atoms with E-state index in [9.17, 15) is 0 Å². The topological polar surface area (TPSA) is 12.0 Å². The summed E-state index contributed by atoms with van der Waals surface area (Å²) >= 11 is 6.25. The quantitative estimate of drug-likeness (QED) is 0.693. The predicted molar refractivity (Wildman–Crippen MR) is 59.4 cm³/mol. The zero-order valence-electron chi connectivity index (χ0n) is 8.85. The lowest BCUT2D eigenvalue weighted by molar-refractivity contribution is 0.355. The first-order chi connectivity index (χ1) is 6.24. The second-order valence-electron chi connectivity index (χ2n) is 4.33. The molecule has 0 radical (unpaired) electrons. The molecule has 0 amide bonds. The molecule has 13 heavy (non-hydrogen) atoms. The Morgan fingerprint density at radius 1 is 1.38 bits per heavy atom. The summed E-state index contributed by atoms with van der Waals surface area (Å²) in [7, 11) is 0. The molecular weight excluding hydrogens is 182 g/mol. The number of hydrogen-bond acceptors (Lipinski definition) is 1. The molecule has 0 aromatic rings. The van der Waals surface area contributed by atoms with E-state index in [1.54, 1.807) is 0 Å². The maximum absolute atomic E-state index is 6.25. The van der Waals surface area contributed by atoms with Gasteiger partial charge in [-0.3, -0.25) is 0 Å². The fourth-order valence-corrected chi connectivity index (χ4v) is 2.18. The summed E-state index contributed by atoms with van der Waals surface area (Å²) in [6.45, 7) is 5.66. The molecule has 3 unspecified atom stereocenters. The second-order valence-corrected chi connectivity index (χ2v) is 4.89. The van der Waals surface area contributed by atoms with Gasteiger partial charge in [0.2, 0.25) is 0 Å². The SMILES string of the molecule is CCC(C)CNC1CCCCC1Cl. The van der Waals surface area contributed by atoms with Crippen LogP contribution in [-0.4, -0.2) is 18.0 Å². The van der Waals surface area contributed by atoms with Crippen LogP contribution in [0.5, 0.6) is 0 Å². The lowest BCUT2D eigenvalue weighted by Crippen LogP contribution is -2.41. The molecule has 2 heteroatoms. The van der Waals surface area contributed by atoms with Gasteiger partial charge in [-0.2, -0.15) is 0 Å². The van der Waals surface area contributed by atoms with Crippen LogP contribution >= 0.6 is 11.6 Å². The molecule has 1 N–H and O–H groups in total. The van der Waals surface area contributed by atoms with E-state index >= 15 is 0 Å². The summed E-state index contributed by atoms with van der Waals surface area (Å²) in [6.07, 6.45) is 6.38. The van der Waals surface area contributed by atoms with Gasteiger partial charge >= 0.3 is 0 Å². The number of hydrogen-bond donors (Lipinski definition) is 1. The van der Waals surface area contributed by atoms with Gasteiger partial charge < -0.3 is 5.32 Å². The second kappa shape index (κ2) is 5.87. The van der Waals surface area contributed by atoms with Gasteiger partial charge in [-0.05, 0) is 25.3 Å². The molecular formula is C11H22ClN. The first kappa shape index (κ1) is 11.3. The summed E-state index contributed by atoms with van der Waals surface area (Å²) in [5, 5.41) is 3.96. The van der Waals surface area contributed by atoms with E-state index in [-0.39, 0.29) is 0 Å². The molecule has 0 aliphatic heterocycles. The average Bonchev–Trinajstić information content (AvgIpc) is 2.16. The van der Waals surface area contributed by atoms with Crippen molar-refractivity contribution < 1.29 is 0 Å². The van der Waals surface area contributed by atoms with Crippen molar-refractivity contribution in [3.63, 3.8) is 0 Å². The van der Waals surface area contributed by atoms with Gasteiger partial charge in [0.15, 0.2) is 0 Å². The number of nitrogens with one attached hydrogen (secondary N) is 1. The lowest BCUT2D eigenvalue weighted by atomic mass is 9.94. The van der Waals surface area contributed by atoms with Gasteiger partial charge in [0.05, 0.1) is 0 Å². The average molecular weight is 204 g/mol. The Bertz CT molecular complexity index is 138. The monoisotopic (exact) mass is 203 g/mol. The van der Waals surface area contributed by atoms with Gasteiger partial charge in [-0.15, -0.1) is 11.6 Å². The van der Waals surface area contributed by atoms with Gasteiger partial charge in [0, 0.05) is 11.4 Å². The molecule has 1 saturated carbocycles. The molecule has 0 spiro atoms. The van der Waals surface area contributed by atoms with Crippen molar-refractivity contribution in [2.24, 2.45) is 5.92 Å². The third-order valence-corrected chi connectivity index (χ3v) is 3.63. The summed E-state index contributed by atoms with van der Waals surface area (Å²) < 4.78 is 0. The van der Waals surface area contributed by atoms with Crippen LogP contribution in [0.1, 0.15) is 46.0 Å². The van der Waals surface area contributed by atoms with E-state index in [0.717, 1.165) is 12.5 Å². The van der Waals surface area contributed by atoms with Crippen LogP contribution in [0.4, 0.5) is 0 Å². The third-order valence-electron chi connectivity index (χ3n) is 3.11. The molecule has 0 aromatic heterocycles. The van der Waals surface area contributed by atoms with Crippen molar-refractivity contribution in [1.29, 1.82) is 0 Å². The molecule has 0 aromatic carbocycles. The van der Waals surface area contributed by atoms with E-state index in [1.807, 2.05) is 0 Å². The van der Waals surface area contributed by atoms with Gasteiger partial charge in [-0.1, -0.05) is 33.1 Å². The zero-order chi connectivity index (χ0) is 9.68. The molecule has 1 nitrogen and oxygen atoms in total. The summed E-state index contributed by atoms with van der Waals surface area (Å²) in [6, 6.07) is 0.574. The standard InChI is InChI=1S/C11H22ClN/c1-3-9(2)8-13-11-7-5-4-6-10(11)12/h9-11,13H,3-8H2,1-2H3. The van der Waals surface area contributed by atoms with Crippen molar-refractivity contribution in [2.45, 2.75) is 57.4 Å². The number of alkyl halides is 1. The lowest BCUT2D eigenvalue weighted by Gasteiger charge is -2.29. The Morgan fingerprint density at radius 2 is 2.08 bits per heavy atom. The summed E-state index contributed by atoms with van der Waals surface area (Å²) in [5.41, 5.74) is 0. The molecule has 78 valence electrons. The Labute approximate surface area is 87.2 Å². The minimum Gasteiger partial charge on any atom is -0.312 e. The van der Waals surface area contributed by atoms with E-state index in [4.69, 9.17) is 11.6 Å². The van der Waals surface area contributed by atoms with Crippen LogP contribution in [0.2, 0.25) is 0 Å². The molecule has 1 aliphatic carbocycles. The molecule has 1 rings (SSSR count). The molecule has 0 saturated heterocycles. The fourth-order valence-electron chi connectivity index (χ4n) is 1.81. The summed E-state index contributed by atoms with van der Waals surface area (Å²) in [5.74, 6) is 0.783. The van der Waals surface area contributed by atoms with Crippen molar-refractivity contribution in [2.75, 3.05) is 6.54 Å². The van der Waals surface area contributed by atoms with Crippen molar-refractivity contribution in [1.82, 2.24) is 5.32 Å². The minimum atomic E-state index is 0.373. The molecule has 1 fully saturated rings. The molecule has 0 bridgehead atoms. The van der Waals surface area contributed by atoms with Crippen LogP contribution in [0.3, 0.4) is 0 Å². The van der Waals surface area contributed by atoms with Gasteiger partial charge in [0.1, 0.15) is 0 Å². The molecule has 0 heterocycles. The normalized spacial score (nSPS) is 31.6. The Balaban J connectivity index is 2.18. The third kappa shape index (κ3) is 3.86. The van der Waals surface area contributed by atoms with Crippen molar-refractivity contribution in [3.05, 3.63) is 0 Å². The van der Waals surface area contributed by atoms with E-state index in [1.165, 1.54) is 32.1 Å². The molecule has 3 atom stereocenters. The van der Waals surface area contributed by atoms with E-state index < -0.39 is 0 Å². The Hall–Kier alpha value is 0.250. The summed E-state index contributed by atoms with van der Waals surface area (Å²) in [4.78, 5) is 0. The fraction of sp³-hybridized carbons (Fsp3) is 1.00. The highest BCUT2D eigenvalue weighted by Gasteiger charge is 2.22. The first-order valence-corrected chi connectivity index (χ1v) is 6.05. The highest BCUT2D eigenvalue weighted by Crippen LogP contribution is 2.23. The van der Waals surface area contributed by atoms with Crippen molar-refractivity contribution >= 4 is 11.6 Å². The van der Waals surface area contributed by atoms with Crippen LogP contribution in [0.25, 0.3) is 0 Å². The van der Waals surface area contributed by atoms with Crippen LogP contribution in [0.15, 0.2) is 0 Å². The van der Waals surface area contributed by atoms with Crippen LogP contribution in [0, 0.1) is 5.92 Å². The maximum atomic E-state index is 6.25. The highest BCUT2D eigenvalue weighted by molar-refractivity contribution is 6.21.